The van der Waals surface area contributed by atoms with E-state index in [1.165, 1.54) is 0 Å². The van der Waals surface area contributed by atoms with Crippen LogP contribution in [0.2, 0.25) is 0 Å². The van der Waals surface area contributed by atoms with Crippen LogP contribution in [0.15, 0.2) is 52.8 Å². The van der Waals surface area contributed by atoms with Crippen molar-refractivity contribution in [1.29, 1.82) is 0 Å². The van der Waals surface area contributed by atoms with Crippen molar-refractivity contribution in [3.8, 4) is 0 Å². The highest BCUT2D eigenvalue weighted by Gasteiger charge is 2.19. The Hall–Kier alpha value is -1.03. The maximum Gasteiger partial charge on any atom is 0.114 e. The van der Waals surface area contributed by atoms with Gasteiger partial charge in [-0.25, -0.2) is 0 Å². The van der Waals surface area contributed by atoms with Crippen molar-refractivity contribution in [1.82, 2.24) is 0 Å². The Kier molecular flexibility index (Phi) is 3.26. The van der Waals surface area contributed by atoms with Crippen molar-refractivity contribution in [3.63, 3.8) is 0 Å². The molecule has 3 N–H and O–H groups in total. The maximum absolute atomic E-state index is 10.2. The van der Waals surface area contributed by atoms with Gasteiger partial charge in [-0.1, -0.05) is 42.5 Å². The summed E-state index contributed by atoms with van der Waals surface area (Å²) in [5, 5.41) is 12.3. The number of hydrogen-bond donors (Lipinski definition) is 3. The minimum absolute atomic E-state index is 0.422. The van der Waals surface area contributed by atoms with Crippen molar-refractivity contribution < 1.29 is 5.11 Å². The van der Waals surface area contributed by atoms with Gasteiger partial charge in [0.15, 0.2) is 0 Å². The standard InChI is InChI=1S/C12H15NOS/c13-9-11-7-4-8-15(11)12(14)10-5-2-1-3-6-10/h1-8,12,14-15H,9,13H2. The lowest BCUT2D eigenvalue weighted by molar-refractivity contribution is 0.269. The van der Waals surface area contributed by atoms with Crippen LogP contribution in [0.1, 0.15) is 11.0 Å². The first-order valence-corrected chi connectivity index (χ1v) is 6.39. The van der Waals surface area contributed by atoms with Crippen LogP contribution >= 0.6 is 10.9 Å². The molecule has 0 saturated carbocycles. The summed E-state index contributed by atoms with van der Waals surface area (Å²) in [5.74, 6) is 0. The first-order valence-electron chi connectivity index (χ1n) is 4.91. The average molecular weight is 221 g/mol. The molecule has 0 bridgehead atoms. The van der Waals surface area contributed by atoms with Crippen molar-refractivity contribution in [2.24, 2.45) is 5.73 Å². The van der Waals surface area contributed by atoms with Crippen LogP contribution in [-0.4, -0.2) is 11.7 Å². The van der Waals surface area contributed by atoms with E-state index in [0.29, 0.717) is 6.54 Å². The Balaban J connectivity index is 2.19. The first kappa shape index (κ1) is 10.5. The lowest BCUT2D eigenvalue weighted by Gasteiger charge is -2.23. The molecular weight excluding hydrogens is 206 g/mol. The fourth-order valence-corrected chi connectivity index (χ4v) is 3.53. The van der Waals surface area contributed by atoms with Gasteiger partial charge < -0.3 is 10.8 Å². The summed E-state index contributed by atoms with van der Waals surface area (Å²) in [5.41, 5.74) is 6.18. The lowest BCUT2D eigenvalue weighted by Crippen LogP contribution is -2.06. The molecule has 0 fully saturated rings. The number of aliphatic hydroxyl groups is 1. The molecule has 0 spiro atoms. The van der Waals surface area contributed by atoms with Crippen LogP contribution in [0.3, 0.4) is 0 Å². The number of rotatable bonds is 3. The van der Waals surface area contributed by atoms with E-state index < -0.39 is 16.3 Å². The van der Waals surface area contributed by atoms with Gasteiger partial charge in [0.05, 0.1) is 0 Å². The van der Waals surface area contributed by atoms with Crippen LogP contribution in [0.4, 0.5) is 0 Å². The molecule has 2 rings (SSSR count). The van der Waals surface area contributed by atoms with Gasteiger partial charge in [0.1, 0.15) is 5.44 Å². The molecule has 80 valence electrons. The summed E-state index contributed by atoms with van der Waals surface area (Å²) in [6, 6.07) is 9.74. The van der Waals surface area contributed by atoms with E-state index >= 15 is 0 Å². The monoisotopic (exact) mass is 221 g/mol. The third-order valence-corrected chi connectivity index (χ3v) is 4.75. The molecule has 1 aromatic carbocycles. The molecule has 0 saturated heterocycles. The highest BCUT2D eigenvalue weighted by atomic mass is 32.2. The zero-order valence-corrected chi connectivity index (χ0v) is 9.27. The summed E-state index contributed by atoms with van der Waals surface area (Å²) >= 11 is 0. The van der Waals surface area contributed by atoms with E-state index in [4.69, 9.17) is 5.73 Å². The number of aliphatic hydroxyl groups excluding tert-OH is 1. The summed E-state index contributed by atoms with van der Waals surface area (Å²) in [7, 11) is -0.635. The van der Waals surface area contributed by atoms with Gasteiger partial charge in [0.2, 0.25) is 0 Å². The number of nitrogens with two attached hydrogens (primary N) is 1. The van der Waals surface area contributed by atoms with Crippen LogP contribution in [-0.2, 0) is 0 Å². The Morgan fingerprint density at radius 2 is 2.00 bits per heavy atom. The van der Waals surface area contributed by atoms with E-state index in [-0.39, 0.29) is 0 Å². The molecule has 1 aliphatic heterocycles. The van der Waals surface area contributed by atoms with E-state index in [1.807, 2.05) is 42.5 Å². The third-order valence-electron chi connectivity index (χ3n) is 2.44. The maximum atomic E-state index is 10.2. The van der Waals surface area contributed by atoms with Gasteiger partial charge in [0, 0.05) is 6.54 Å². The second-order valence-electron chi connectivity index (χ2n) is 3.40. The fourth-order valence-electron chi connectivity index (χ4n) is 1.63. The van der Waals surface area contributed by atoms with Gasteiger partial charge in [-0.05, 0) is 15.9 Å². The Morgan fingerprint density at radius 3 is 2.67 bits per heavy atom. The molecule has 0 amide bonds. The van der Waals surface area contributed by atoms with Crippen LogP contribution < -0.4 is 5.73 Å². The predicted octanol–water partition coefficient (Wildman–Crippen LogP) is 2.05. The zero-order chi connectivity index (χ0) is 10.7. The van der Waals surface area contributed by atoms with Crippen molar-refractivity contribution >= 4 is 10.9 Å². The molecule has 0 aromatic heterocycles. The molecule has 15 heavy (non-hydrogen) atoms. The Labute approximate surface area is 92.5 Å². The quantitative estimate of drug-likeness (QED) is 0.684. The SMILES string of the molecule is NCC1=CC=C[SH]1C(O)c1ccccc1. The van der Waals surface area contributed by atoms with E-state index in [0.717, 1.165) is 10.5 Å². The molecular formula is C12H15NOS. The summed E-state index contributed by atoms with van der Waals surface area (Å²) in [4.78, 5) is 1.15. The molecule has 1 aromatic rings. The highest BCUT2D eigenvalue weighted by Crippen LogP contribution is 2.50. The second kappa shape index (κ2) is 4.66. The van der Waals surface area contributed by atoms with Crippen LogP contribution in [0, 0.1) is 0 Å². The lowest BCUT2D eigenvalue weighted by atomic mass is 10.2. The molecule has 1 aliphatic rings. The average Bonchev–Trinajstić information content (AvgIpc) is 2.77. The normalized spacial score (nSPS) is 23.9. The predicted molar refractivity (Wildman–Crippen MR) is 66.7 cm³/mol. The molecule has 1 heterocycles. The number of allylic oxidation sites excluding steroid dienone is 2. The molecule has 3 heteroatoms. The molecule has 2 atom stereocenters. The second-order valence-corrected chi connectivity index (χ2v) is 5.57. The molecule has 0 radical (unpaired) electrons. The fraction of sp³-hybridized carbons (Fsp3) is 0.167. The first-order chi connectivity index (χ1) is 7.33. The highest BCUT2D eigenvalue weighted by molar-refractivity contribution is 8.23. The van der Waals surface area contributed by atoms with Gasteiger partial charge in [0.25, 0.3) is 0 Å². The van der Waals surface area contributed by atoms with E-state index in [9.17, 15) is 5.11 Å². The third kappa shape index (κ3) is 2.15. The van der Waals surface area contributed by atoms with Crippen molar-refractivity contribution in [2.75, 3.05) is 6.54 Å². The summed E-state index contributed by atoms with van der Waals surface area (Å²) < 4.78 is 0. The number of thiol groups is 1. The van der Waals surface area contributed by atoms with E-state index in [2.05, 4.69) is 5.41 Å². The summed E-state index contributed by atoms with van der Waals surface area (Å²) in [6.45, 7) is 0.530. The zero-order valence-electron chi connectivity index (χ0n) is 8.38. The Bertz CT molecular complexity index is 386. The smallest absolute Gasteiger partial charge is 0.114 e. The minimum Gasteiger partial charge on any atom is -0.379 e. The van der Waals surface area contributed by atoms with Gasteiger partial charge in [-0.3, -0.25) is 0 Å². The largest absolute Gasteiger partial charge is 0.379 e. The van der Waals surface area contributed by atoms with Gasteiger partial charge in [-0.15, -0.1) is 0 Å². The number of hydrogen-bond acceptors (Lipinski definition) is 2. The Morgan fingerprint density at radius 1 is 1.27 bits per heavy atom. The minimum atomic E-state index is -0.635. The van der Waals surface area contributed by atoms with E-state index in [1.54, 1.807) is 0 Å². The molecule has 0 aliphatic carbocycles. The molecule has 2 nitrogen and oxygen atoms in total. The summed E-state index contributed by atoms with van der Waals surface area (Å²) in [6.07, 6.45) is 4.00. The van der Waals surface area contributed by atoms with Crippen molar-refractivity contribution in [2.45, 2.75) is 5.44 Å². The van der Waals surface area contributed by atoms with Crippen LogP contribution in [0.5, 0.6) is 0 Å². The van der Waals surface area contributed by atoms with Gasteiger partial charge in [-0.2, -0.15) is 10.9 Å². The van der Waals surface area contributed by atoms with Crippen LogP contribution in [0.25, 0.3) is 0 Å². The van der Waals surface area contributed by atoms with Crippen molar-refractivity contribution in [3.05, 3.63) is 58.4 Å². The van der Waals surface area contributed by atoms with Gasteiger partial charge >= 0.3 is 0 Å². The number of benzene rings is 1. The molecule has 2 unspecified atom stereocenters. The topological polar surface area (TPSA) is 46.2 Å².